The van der Waals surface area contributed by atoms with Crippen molar-refractivity contribution >= 4 is 0 Å². The third-order valence-electron chi connectivity index (χ3n) is 4.30. The Morgan fingerprint density at radius 1 is 1.25 bits per heavy atom. The monoisotopic (exact) mass is 165 g/mol. The third kappa shape index (κ3) is 1.10. The number of fused-ring (bicyclic) bond motifs is 1. The van der Waals surface area contributed by atoms with Gasteiger partial charge >= 0.3 is 0 Å². The average molecular weight is 165 g/mol. The van der Waals surface area contributed by atoms with Crippen molar-refractivity contribution in [2.24, 2.45) is 23.7 Å². The van der Waals surface area contributed by atoms with Gasteiger partial charge in [0.05, 0.1) is 0 Å². The predicted octanol–water partition coefficient (Wildman–Crippen LogP) is 2.03. The molecule has 3 saturated carbocycles. The maximum atomic E-state index is 3.75. The number of hydrogen-bond acceptors (Lipinski definition) is 1. The summed E-state index contributed by atoms with van der Waals surface area (Å²) in [5.74, 6) is 4.25. The molecule has 68 valence electrons. The van der Waals surface area contributed by atoms with Gasteiger partial charge in [0.25, 0.3) is 0 Å². The van der Waals surface area contributed by atoms with Crippen LogP contribution in [-0.2, 0) is 0 Å². The lowest BCUT2D eigenvalue weighted by Gasteiger charge is -2.04. The summed E-state index contributed by atoms with van der Waals surface area (Å²) in [6.45, 7) is 3.69. The normalized spacial score (nSPS) is 55.2. The van der Waals surface area contributed by atoms with Crippen LogP contribution in [0.1, 0.15) is 32.6 Å². The highest BCUT2D eigenvalue weighted by atomic mass is 15.0. The van der Waals surface area contributed by atoms with Crippen molar-refractivity contribution in [3.63, 3.8) is 0 Å². The first kappa shape index (κ1) is 7.37. The second-order valence-corrected chi connectivity index (χ2v) is 5.17. The van der Waals surface area contributed by atoms with Gasteiger partial charge in [0.2, 0.25) is 0 Å². The van der Waals surface area contributed by atoms with E-state index in [-0.39, 0.29) is 0 Å². The maximum Gasteiger partial charge on any atom is 0.0130 e. The van der Waals surface area contributed by atoms with Crippen LogP contribution in [-0.4, -0.2) is 12.6 Å². The van der Waals surface area contributed by atoms with Gasteiger partial charge in [0.15, 0.2) is 0 Å². The zero-order chi connectivity index (χ0) is 8.13. The van der Waals surface area contributed by atoms with Gasteiger partial charge in [0, 0.05) is 6.04 Å². The largest absolute Gasteiger partial charge is 0.313 e. The predicted molar refractivity (Wildman–Crippen MR) is 49.9 cm³/mol. The van der Waals surface area contributed by atoms with Crippen molar-refractivity contribution in [3.8, 4) is 0 Å². The Bertz CT molecular complexity index is 179. The van der Waals surface area contributed by atoms with Crippen molar-refractivity contribution in [2.45, 2.75) is 38.6 Å². The molecule has 1 nitrogen and oxygen atoms in total. The van der Waals surface area contributed by atoms with Gasteiger partial charge in [-0.2, -0.15) is 0 Å². The summed E-state index contributed by atoms with van der Waals surface area (Å²) in [5, 5.41) is 3.75. The molecule has 0 aromatic carbocycles. The van der Waals surface area contributed by atoms with Crippen LogP contribution in [0.25, 0.3) is 0 Å². The Labute approximate surface area is 74.9 Å². The minimum Gasteiger partial charge on any atom is -0.313 e. The highest BCUT2D eigenvalue weighted by Crippen LogP contribution is 2.52. The van der Waals surface area contributed by atoms with Crippen LogP contribution >= 0.6 is 0 Å². The van der Waals surface area contributed by atoms with E-state index in [0.717, 1.165) is 29.7 Å². The number of hydrogen-bond donors (Lipinski definition) is 1. The van der Waals surface area contributed by atoms with E-state index in [4.69, 9.17) is 0 Å². The van der Waals surface area contributed by atoms with E-state index in [2.05, 4.69) is 12.2 Å². The van der Waals surface area contributed by atoms with Crippen LogP contribution in [0.4, 0.5) is 0 Å². The molecule has 0 spiro atoms. The topological polar surface area (TPSA) is 12.0 Å². The highest BCUT2D eigenvalue weighted by molar-refractivity contribution is 5.07. The van der Waals surface area contributed by atoms with Crippen LogP contribution in [0.5, 0.6) is 0 Å². The summed E-state index contributed by atoms with van der Waals surface area (Å²) in [7, 11) is 0. The quantitative estimate of drug-likeness (QED) is 0.674. The molecule has 3 aliphatic rings. The molecule has 0 aromatic rings. The van der Waals surface area contributed by atoms with E-state index in [1.54, 1.807) is 0 Å². The average Bonchev–Trinajstić information content (AvgIpc) is 2.85. The van der Waals surface area contributed by atoms with Gasteiger partial charge in [-0.3, -0.25) is 0 Å². The molecule has 0 bridgehead atoms. The van der Waals surface area contributed by atoms with Crippen LogP contribution in [0.3, 0.4) is 0 Å². The van der Waals surface area contributed by atoms with Gasteiger partial charge in [-0.1, -0.05) is 13.3 Å². The fraction of sp³-hybridized carbons (Fsp3) is 1.00. The Hall–Kier alpha value is -0.0400. The summed E-state index contributed by atoms with van der Waals surface area (Å²) in [6.07, 6.45) is 6.02. The van der Waals surface area contributed by atoms with Gasteiger partial charge in [-0.25, -0.2) is 0 Å². The van der Waals surface area contributed by atoms with E-state index >= 15 is 0 Å². The first-order valence-electron chi connectivity index (χ1n) is 5.59. The minimum atomic E-state index is 0.951. The lowest BCUT2D eigenvalue weighted by molar-refractivity contribution is 0.532. The van der Waals surface area contributed by atoms with Crippen molar-refractivity contribution < 1.29 is 0 Å². The van der Waals surface area contributed by atoms with Crippen LogP contribution < -0.4 is 5.32 Å². The van der Waals surface area contributed by atoms with E-state index in [1.165, 1.54) is 32.2 Å². The highest BCUT2D eigenvalue weighted by Gasteiger charge is 2.52. The zero-order valence-electron chi connectivity index (χ0n) is 7.92. The van der Waals surface area contributed by atoms with Crippen molar-refractivity contribution in [1.82, 2.24) is 5.32 Å². The smallest absolute Gasteiger partial charge is 0.0130 e. The SMILES string of the molecule is CC1CC1CNC1C2CCCC21. The summed E-state index contributed by atoms with van der Waals surface area (Å²) in [4.78, 5) is 0. The second kappa shape index (κ2) is 2.47. The second-order valence-electron chi connectivity index (χ2n) is 5.17. The van der Waals surface area contributed by atoms with E-state index in [0.29, 0.717) is 0 Å². The summed E-state index contributed by atoms with van der Waals surface area (Å²) < 4.78 is 0. The molecular formula is C11H19N. The summed E-state index contributed by atoms with van der Waals surface area (Å²) in [5.41, 5.74) is 0. The molecule has 4 unspecified atom stereocenters. The molecule has 0 amide bonds. The zero-order valence-corrected chi connectivity index (χ0v) is 7.92. The molecule has 1 N–H and O–H groups in total. The van der Waals surface area contributed by atoms with E-state index in [9.17, 15) is 0 Å². The third-order valence-corrected chi connectivity index (χ3v) is 4.30. The van der Waals surface area contributed by atoms with E-state index < -0.39 is 0 Å². The minimum absolute atomic E-state index is 0.951. The molecule has 3 rings (SSSR count). The maximum absolute atomic E-state index is 3.75. The lowest BCUT2D eigenvalue weighted by Crippen LogP contribution is -2.23. The molecule has 0 heterocycles. The molecule has 3 aliphatic carbocycles. The van der Waals surface area contributed by atoms with Crippen molar-refractivity contribution in [1.29, 1.82) is 0 Å². The number of rotatable bonds is 3. The van der Waals surface area contributed by atoms with Crippen molar-refractivity contribution in [2.75, 3.05) is 6.54 Å². The molecule has 1 heteroatoms. The first-order chi connectivity index (χ1) is 5.86. The Kier molecular flexibility index (Phi) is 1.52. The van der Waals surface area contributed by atoms with Gasteiger partial charge in [0.1, 0.15) is 0 Å². The molecule has 3 fully saturated rings. The van der Waals surface area contributed by atoms with Gasteiger partial charge in [-0.15, -0.1) is 0 Å². The van der Waals surface area contributed by atoms with Gasteiger partial charge < -0.3 is 5.32 Å². The summed E-state index contributed by atoms with van der Waals surface area (Å²) in [6, 6.07) is 0.951. The van der Waals surface area contributed by atoms with Crippen LogP contribution in [0, 0.1) is 23.7 Å². The standard InChI is InChI=1S/C11H19N/c1-7-5-8(7)6-12-11-9-3-2-4-10(9)11/h7-12H,2-6H2,1H3. The van der Waals surface area contributed by atoms with Gasteiger partial charge in [-0.05, 0) is 49.5 Å². The Morgan fingerprint density at radius 3 is 2.50 bits per heavy atom. The molecule has 0 saturated heterocycles. The van der Waals surface area contributed by atoms with E-state index in [1.807, 2.05) is 0 Å². The van der Waals surface area contributed by atoms with Crippen molar-refractivity contribution in [3.05, 3.63) is 0 Å². The first-order valence-corrected chi connectivity index (χ1v) is 5.59. The number of nitrogens with one attached hydrogen (secondary N) is 1. The molecule has 0 radical (unpaired) electrons. The van der Waals surface area contributed by atoms with Crippen LogP contribution in [0.15, 0.2) is 0 Å². The summed E-state index contributed by atoms with van der Waals surface area (Å²) >= 11 is 0. The fourth-order valence-electron chi connectivity index (χ4n) is 3.10. The fourth-order valence-corrected chi connectivity index (χ4v) is 3.10. The Morgan fingerprint density at radius 2 is 1.92 bits per heavy atom. The lowest BCUT2D eigenvalue weighted by atomic mass is 10.2. The molecule has 12 heavy (non-hydrogen) atoms. The molecular weight excluding hydrogens is 146 g/mol. The molecule has 0 aliphatic heterocycles. The van der Waals surface area contributed by atoms with Crippen LogP contribution in [0.2, 0.25) is 0 Å². The molecule has 0 aromatic heterocycles. The molecule has 4 atom stereocenters. The Balaban J connectivity index is 1.41.